The van der Waals surface area contributed by atoms with Gasteiger partial charge in [0, 0.05) is 6.92 Å². The molecule has 0 aliphatic rings. The Morgan fingerprint density at radius 1 is 1.38 bits per heavy atom. The van der Waals surface area contributed by atoms with Crippen molar-refractivity contribution in [2.24, 2.45) is 4.99 Å². The molecule has 0 fully saturated rings. The van der Waals surface area contributed by atoms with Gasteiger partial charge in [-0.15, -0.1) is 0 Å². The molecule has 0 aliphatic heterocycles. The van der Waals surface area contributed by atoms with Gasteiger partial charge in [-0.05, 0) is 12.1 Å². The number of hydrogen-bond donors (Lipinski definition) is 3. The molecule has 1 aromatic heterocycles. The van der Waals surface area contributed by atoms with E-state index in [2.05, 4.69) is 15.3 Å². The fraction of sp³-hybridized carbons (Fsp3) is 0.0769. The molecule has 0 spiro atoms. The average molecular weight is 305 g/mol. The molecule has 21 heavy (non-hydrogen) atoms. The molecule has 1 amide bonds. The van der Waals surface area contributed by atoms with E-state index in [4.69, 9.17) is 5.11 Å². The number of nitrogens with zero attached hydrogens (tertiary/aromatic N) is 2. The van der Waals surface area contributed by atoms with Crippen LogP contribution in [0.1, 0.15) is 22.2 Å². The lowest BCUT2D eigenvalue weighted by Gasteiger charge is -1.98. The number of aromatic nitrogens is 1. The highest BCUT2D eigenvalue weighted by Gasteiger charge is 2.11. The number of anilines is 1. The summed E-state index contributed by atoms with van der Waals surface area (Å²) in [6.07, 6.45) is 1.31. The number of aromatic hydroxyl groups is 1. The number of carboxylic acids is 1. The number of nitrogens with one attached hydrogen (secondary N) is 1. The summed E-state index contributed by atoms with van der Waals surface area (Å²) in [5.74, 6) is -1.67. The maximum absolute atomic E-state index is 11.0. The molecule has 108 valence electrons. The van der Waals surface area contributed by atoms with Crippen LogP contribution in [0.3, 0.4) is 0 Å². The number of carbonyl (C=O) groups is 2. The first kappa shape index (κ1) is 14.7. The van der Waals surface area contributed by atoms with E-state index in [1.807, 2.05) is 0 Å². The van der Waals surface area contributed by atoms with Crippen LogP contribution in [-0.4, -0.2) is 33.3 Å². The van der Waals surface area contributed by atoms with Crippen LogP contribution >= 0.6 is 11.3 Å². The monoisotopic (exact) mass is 305 g/mol. The van der Waals surface area contributed by atoms with Crippen molar-refractivity contribution in [3.63, 3.8) is 0 Å². The zero-order valence-corrected chi connectivity index (χ0v) is 11.7. The van der Waals surface area contributed by atoms with Gasteiger partial charge >= 0.3 is 5.97 Å². The van der Waals surface area contributed by atoms with Crippen molar-refractivity contribution in [2.45, 2.75) is 6.92 Å². The van der Waals surface area contributed by atoms with E-state index in [0.29, 0.717) is 4.88 Å². The topological polar surface area (TPSA) is 112 Å². The Balaban J connectivity index is 2.28. The largest absolute Gasteiger partial charge is 0.492 e. The second-order valence-electron chi connectivity index (χ2n) is 3.97. The molecule has 3 N–H and O–H groups in total. The molecule has 0 bridgehead atoms. The molecule has 1 aromatic carbocycles. The van der Waals surface area contributed by atoms with Crippen LogP contribution in [0.4, 0.5) is 10.8 Å². The fourth-order valence-corrected chi connectivity index (χ4v) is 2.28. The highest BCUT2D eigenvalue weighted by atomic mass is 32.1. The third-order valence-electron chi connectivity index (χ3n) is 2.37. The van der Waals surface area contributed by atoms with Gasteiger partial charge in [0.2, 0.25) is 11.8 Å². The fourth-order valence-electron chi connectivity index (χ4n) is 1.51. The minimum absolute atomic E-state index is 0.0554. The Morgan fingerprint density at radius 2 is 2.10 bits per heavy atom. The summed E-state index contributed by atoms with van der Waals surface area (Å²) in [6.45, 7) is 1.33. The molecule has 7 nitrogen and oxygen atoms in total. The van der Waals surface area contributed by atoms with E-state index in [-0.39, 0.29) is 28.2 Å². The van der Waals surface area contributed by atoms with Crippen molar-refractivity contribution in [1.29, 1.82) is 0 Å². The van der Waals surface area contributed by atoms with Crippen LogP contribution in [0.25, 0.3) is 0 Å². The lowest BCUT2D eigenvalue weighted by atomic mass is 10.2. The highest BCUT2D eigenvalue weighted by Crippen LogP contribution is 2.27. The van der Waals surface area contributed by atoms with Crippen molar-refractivity contribution in [3.8, 4) is 5.88 Å². The number of carbonyl (C=O) groups excluding carboxylic acids is 1. The quantitative estimate of drug-likeness (QED) is 0.750. The zero-order valence-electron chi connectivity index (χ0n) is 10.9. The van der Waals surface area contributed by atoms with E-state index in [1.165, 1.54) is 19.2 Å². The molecule has 1 heterocycles. The predicted octanol–water partition coefficient (Wildman–Crippen LogP) is 2.26. The highest BCUT2D eigenvalue weighted by molar-refractivity contribution is 7.17. The third kappa shape index (κ3) is 3.63. The molecule has 0 atom stereocenters. The van der Waals surface area contributed by atoms with Crippen molar-refractivity contribution in [2.75, 3.05) is 5.32 Å². The number of rotatable bonds is 4. The predicted molar refractivity (Wildman–Crippen MR) is 78.7 cm³/mol. The van der Waals surface area contributed by atoms with Gasteiger partial charge in [-0.25, -0.2) is 4.79 Å². The number of hydrogen-bond acceptors (Lipinski definition) is 6. The van der Waals surface area contributed by atoms with Gasteiger partial charge in [-0.1, -0.05) is 23.5 Å². The zero-order chi connectivity index (χ0) is 15.4. The average Bonchev–Trinajstić information content (AvgIpc) is 2.75. The SMILES string of the molecule is CC(=O)Nc1nc(O)c(C=Nc2ccccc2C(=O)O)s1. The molecular formula is C13H11N3O4S. The summed E-state index contributed by atoms with van der Waals surface area (Å²) < 4.78 is 0. The first-order valence-corrected chi connectivity index (χ1v) is 6.63. The second-order valence-corrected chi connectivity index (χ2v) is 5.00. The summed E-state index contributed by atoms with van der Waals surface area (Å²) in [5.41, 5.74) is 0.318. The lowest BCUT2D eigenvalue weighted by Crippen LogP contribution is -2.04. The Labute approximate surface area is 123 Å². The first-order chi connectivity index (χ1) is 9.97. The molecule has 2 rings (SSSR count). The molecule has 2 aromatic rings. The van der Waals surface area contributed by atoms with E-state index in [1.54, 1.807) is 18.2 Å². The van der Waals surface area contributed by atoms with Crippen LogP contribution < -0.4 is 5.32 Å². The number of benzene rings is 1. The summed E-state index contributed by atoms with van der Waals surface area (Å²) in [5, 5.41) is 21.4. The van der Waals surface area contributed by atoms with Crippen molar-refractivity contribution in [3.05, 3.63) is 34.7 Å². The smallest absolute Gasteiger partial charge is 0.337 e. The van der Waals surface area contributed by atoms with Crippen LogP contribution in [0.2, 0.25) is 0 Å². The number of carboxylic acid groups (broad SMARTS) is 1. The van der Waals surface area contributed by atoms with Gasteiger partial charge < -0.3 is 15.5 Å². The van der Waals surface area contributed by atoms with Gasteiger partial charge in [-0.2, -0.15) is 4.98 Å². The Kier molecular flexibility index (Phi) is 4.29. The molecule has 0 unspecified atom stereocenters. The van der Waals surface area contributed by atoms with Crippen LogP contribution in [-0.2, 0) is 4.79 Å². The van der Waals surface area contributed by atoms with Crippen molar-refractivity contribution in [1.82, 2.24) is 4.98 Å². The molecular weight excluding hydrogens is 294 g/mol. The van der Waals surface area contributed by atoms with Gasteiger partial charge in [0.25, 0.3) is 0 Å². The van der Waals surface area contributed by atoms with Gasteiger partial charge in [0.1, 0.15) is 4.88 Å². The van der Waals surface area contributed by atoms with Crippen LogP contribution in [0.15, 0.2) is 29.3 Å². The van der Waals surface area contributed by atoms with E-state index < -0.39 is 5.97 Å². The standard InChI is InChI=1S/C13H11N3O4S/c1-7(17)15-13-16-11(18)10(21-13)6-14-9-5-3-2-4-8(9)12(19)20/h2-6,18H,1H3,(H,19,20)(H,15,16,17). The van der Waals surface area contributed by atoms with Gasteiger partial charge in [0.05, 0.1) is 17.5 Å². The van der Waals surface area contributed by atoms with Crippen LogP contribution in [0.5, 0.6) is 5.88 Å². The lowest BCUT2D eigenvalue weighted by molar-refractivity contribution is -0.114. The number of aromatic carboxylic acids is 1. The number of para-hydroxylation sites is 1. The minimum Gasteiger partial charge on any atom is -0.492 e. The first-order valence-electron chi connectivity index (χ1n) is 5.81. The normalized spacial score (nSPS) is 10.7. The maximum Gasteiger partial charge on any atom is 0.337 e. The minimum atomic E-state index is -1.09. The number of aliphatic imine (C=N–C) groups is 1. The molecule has 0 saturated carbocycles. The van der Waals surface area contributed by atoms with Gasteiger partial charge in [0.15, 0.2) is 5.13 Å². The number of thiazole rings is 1. The summed E-state index contributed by atoms with van der Waals surface area (Å²) >= 11 is 1.03. The van der Waals surface area contributed by atoms with Gasteiger partial charge in [-0.3, -0.25) is 9.79 Å². The number of amides is 1. The molecule has 8 heteroatoms. The summed E-state index contributed by atoms with van der Waals surface area (Å²) in [7, 11) is 0. The third-order valence-corrected chi connectivity index (χ3v) is 3.27. The second kappa shape index (κ2) is 6.14. The maximum atomic E-state index is 11.0. The Hall–Kier alpha value is -2.74. The molecule has 0 aliphatic carbocycles. The van der Waals surface area contributed by atoms with E-state index in [9.17, 15) is 14.7 Å². The van der Waals surface area contributed by atoms with Crippen molar-refractivity contribution < 1.29 is 19.8 Å². The Bertz CT molecular complexity index is 724. The van der Waals surface area contributed by atoms with E-state index in [0.717, 1.165) is 11.3 Å². The molecule has 0 radical (unpaired) electrons. The van der Waals surface area contributed by atoms with E-state index >= 15 is 0 Å². The molecule has 0 saturated heterocycles. The van der Waals surface area contributed by atoms with Crippen molar-refractivity contribution >= 4 is 40.2 Å². The van der Waals surface area contributed by atoms with Crippen LogP contribution in [0, 0.1) is 0 Å². The summed E-state index contributed by atoms with van der Waals surface area (Å²) in [6, 6.07) is 6.24. The Morgan fingerprint density at radius 3 is 2.76 bits per heavy atom. The summed E-state index contributed by atoms with van der Waals surface area (Å²) in [4.78, 5) is 30.1.